The molecule has 0 unspecified atom stereocenters. The molecule has 1 nitrogen and oxygen atoms in total. The van der Waals surface area contributed by atoms with Crippen molar-refractivity contribution in [2.24, 2.45) is 0 Å². The number of benzene rings is 1. The highest BCUT2D eigenvalue weighted by atomic mass is 79.9. The molecule has 0 spiro atoms. The average molecular weight is 305 g/mol. The molecule has 0 aliphatic heterocycles. The molecule has 0 atom stereocenters. The number of anilines is 1. The number of hydrogen-bond donors (Lipinski definition) is 1. The molecule has 0 heterocycles. The van der Waals surface area contributed by atoms with E-state index in [4.69, 9.17) is 0 Å². The zero-order chi connectivity index (χ0) is 10.8. The van der Waals surface area contributed by atoms with Gasteiger partial charge in [0.15, 0.2) is 0 Å². The predicted octanol–water partition coefficient (Wildman–Crippen LogP) is 4.32. The molecule has 0 fully saturated rings. The topological polar surface area (TPSA) is 12.0 Å². The Bertz CT molecular complexity index is 328. The van der Waals surface area contributed by atoms with Crippen LogP contribution in [0, 0.1) is 0 Å². The van der Waals surface area contributed by atoms with Crippen LogP contribution < -0.4 is 5.32 Å². The minimum absolute atomic E-state index is 0. The van der Waals surface area contributed by atoms with Crippen LogP contribution in [0.25, 0.3) is 0 Å². The van der Waals surface area contributed by atoms with E-state index >= 15 is 0 Å². The lowest BCUT2D eigenvalue weighted by Crippen LogP contribution is -2.05. The van der Waals surface area contributed by atoms with Crippen molar-refractivity contribution in [1.82, 2.24) is 0 Å². The third kappa shape index (κ3) is 3.91. The van der Waals surface area contributed by atoms with Gasteiger partial charge in [0.2, 0.25) is 0 Å². The minimum Gasteiger partial charge on any atom is -0.384 e. The maximum absolute atomic E-state index is 12.2. The molecule has 0 amide bonds. The van der Waals surface area contributed by atoms with Gasteiger partial charge < -0.3 is 5.32 Å². The van der Waals surface area contributed by atoms with Gasteiger partial charge in [0.05, 0.1) is 5.56 Å². The summed E-state index contributed by atoms with van der Waals surface area (Å²) in [6.07, 6.45) is -4.28. The summed E-state index contributed by atoms with van der Waals surface area (Å²) in [6.45, 7) is 2.55. The first kappa shape index (κ1) is 14.6. The van der Waals surface area contributed by atoms with E-state index in [9.17, 15) is 13.2 Å². The van der Waals surface area contributed by atoms with Gasteiger partial charge in [-0.1, -0.05) is 0 Å². The van der Waals surface area contributed by atoms with Gasteiger partial charge in [-0.3, -0.25) is 0 Å². The van der Waals surface area contributed by atoms with Crippen LogP contribution in [0.2, 0.25) is 0 Å². The molecule has 0 bridgehead atoms. The van der Waals surface area contributed by atoms with Crippen LogP contribution in [0.1, 0.15) is 12.5 Å². The summed E-state index contributed by atoms with van der Waals surface area (Å²) in [4.78, 5) is 0. The zero-order valence-electron chi connectivity index (χ0n) is 7.86. The number of alkyl halides is 3. The van der Waals surface area contributed by atoms with Gasteiger partial charge >= 0.3 is 6.18 Å². The Morgan fingerprint density at radius 2 is 1.93 bits per heavy atom. The van der Waals surface area contributed by atoms with Crippen LogP contribution in [-0.4, -0.2) is 6.54 Å². The summed E-state index contributed by atoms with van der Waals surface area (Å²) in [6, 6.07) is 3.54. The summed E-state index contributed by atoms with van der Waals surface area (Å²) in [5.74, 6) is 0. The summed E-state index contributed by atoms with van der Waals surface area (Å²) >= 11 is 3.08. The molecule has 1 rings (SSSR count). The van der Waals surface area contributed by atoms with Crippen LogP contribution in [-0.2, 0) is 6.18 Å². The quantitative estimate of drug-likeness (QED) is 0.858. The van der Waals surface area contributed by atoms with E-state index < -0.39 is 11.7 Å². The van der Waals surface area contributed by atoms with E-state index in [2.05, 4.69) is 21.2 Å². The van der Waals surface area contributed by atoms with Crippen molar-refractivity contribution in [1.29, 1.82) is 0 Å². The second-order valence-corrected chi connectivity index (χ2v) is 3.58. The van der Waals surface area contributed by atoms with Crippen molar-refractivity contribution in [3.8, 4) is 0 Å². The molecule has 1 N–H and O–H groups in total. The molecule has 0 radical (unpaired) electrons. The van der Waals surface area contributed by atoms with Gasteiger partial charge in [0.1, 0.15) is 0 Å². The van der Waals surface area contributed by atoms with Crippen LogP contribution >= 0.6 is 28.3 Å². The maximum Gasteiger partial charge on any atom is 0.416 e. The molecule has 0 saturated heterocycles. The Hall–Kier alpha value is -0.420. The highest BCUT2D eigenvalue weighted by Gasteiger charge is 2.30. The van der Waals surface area contributed by atoms with E-state index in [1.807, 2.05) is 6.92 Å². The monoisotopic (exact) mass is 303 g/mol. The lowest BCUT2D eigenvalue weighted by atomic mass is 10.2. The van der Waals surface area contributed by atoms with Crippen molar-refractivity contribution in [2.75, 3.05) is 11.9 Å². The molecule has 0 saturated carbocycles. The molecule has 86 valence electrons. The van der Waals surface area contributed by atoms with Gasteiger partial charge in [0.25, 0.3) is 0 Å². The van der Waals surface area contributed by atoms with Gasteiger partial charge in [-0.25, -0.2) is 0 Å². The fourth-order valence-electron chi connectivity index (χ4n) is 1.03. The fourth-order valence-corrected chi connectivity index (χ4v) is 1.54. The second-order valence-electron chi connectivity index (χ2n) is 2.72. The number of halogens is 5. The minimum atomic E-state index is -4.28. The highest BCUT2D eigenvalue weighted by Crippen LogP contribution is 2.33. The number of rotatable bonds is 2. The first-order chi connectivity index (χ1) is 6.45. The average Bonchev–Trinajstić information content (AvgIpc) is 2.07. The third-order valence-corrected chi connectivity index (χ3v) is 2.32. The summed E-state index contributed by atoms with van der Waals surface area (Å²) in [5.41, 5.74) is 0.0199. The normalized spacial score (nSPS) is 10.7. The Kier molecular flexibility index (Phi) is 5.45. The lowest BCUT2D eigenvalue weighted by molar-refractivity contribution is -0.137. The van der Waals surface area contributed by atoms with E-state index in [1.54, 1.807) is 0 Å². The fraction of sp³-hybridized carbons (Fsp3) is 0.333. The molecule has 1 aromatic rings. The van der Waals surface area contributed by atoms with Crippen LogP contribution in [0.5, 0.6) is 0 Å². The molecular formula is C9H10BrClF3N. The summed E-state index contributed by atoms with van der Waals surface area (Å²) < 4.78 is 37.2. The molecule has 0 aromatic heterocycles. The van der Waals surface area contributed by atoms with Crippen molar-refractivity contribution >= 4 is 34.0 Å². The van der Waals surface area contributed by atoms with Crippen LogP contribution in [0.15, 0.2) is 22.7 Å². The van der Waals surface area contributed by atoms with Gasteiger partial charge in [-0.05, 0) is 41.1 Å². The molecular weight excluding hydrogens is 294 g/mol. The standard InChI is InChI=1S/C9H9BrF3N.ClH/c1-2-14-8-4-3-6(5-7(8)10)9(11,12)13;/h3-5,14H,2H2,1H3;1H. The molecule has 1 aromatic carbocycles. The van der Waals surface area contributed by atoms with Gasteiger partial charge in [0, 0.05) is 16.7 Å². The zero-order valence-corrected chi connectivity index (χ0v) is 10.3. The smallest absolute Gasteiger partial charge is 0.384 e. The van der Waals surface area contributed by atoms with E-state index in [0.717, 1.165) is 12.1 Å². The third-order valence-electron chi connectivity index (χ3n) is 1.66. The Labute approximate surface area is 101 Å². The van der Waals surface area contributed by atoms with Crippen molar-refractivity contribution in [3.05, 3.63) is 28.2 Å². The Morgan fingerprint density at radius 1 is 1.33 bits per heavy atom. The largest absolute Gasteiger partial charge is 0.416 e. The molecule has 6 heteroatoms. The van der Waals surface area contributed by atoms with Crippen molar-refractivity contribution in [3.63, 3.8) is 0 Å². The first-order valence-electron chi connectivity index (χ1n) is 4.05. The Morgan fingerprint density at radius 3 is 2.33 bits per heavy atom. The second kappa shape index (κ2) is 5.61. The number of hydrogen-bond acceptors (Lipinski definition) is 1. The van der Waals surface area contributed by atoms with Gasteiger partial charge in [-0.2, -0.15) is 13.2 Å². The van der Waals surface area contributed by atoms with Gasteiger partial charge in [-0.15, -0.1) is 12.4 Å². The maximum atomic E-state index is 12.2. The highest BCUT2D eigenvalue weighted by molar-refractivity contribution is 9.10. The first-order valence-corrected chi connectivity index (χ1v) is 4.85. The SMILES string of the molecule is CCNc1ccc(C(F)(F)F)cc1Br.Cl. The van der Waals surface area contributed by atoms with Crippen LogP contribution in [0.3, 0.4) is 0 Å². The van der Waals surface area contributed by atoms with Crippen LogP contribution in [0.4, 0.5) is 18.9 Å². The predicted molar refractivity (Wildman–Crippen MR) is 60.6 cm³/mol. The lowest BCUT2D eigenvalue weighted by Gasteiger charge is -2.10. The molecule has 15 heavy (non-hydrogen) atoms. The Balaban J connectivity index is 0.00000196. The van der Waals surface area contributed by atoms with Crippen molar-refractivity contribution < 1.29 is 13.2 Å². The number of nitrogens with one attached hydrogen (secondary N) is 1. The molecule has 0 aliphatic rings. The van der Waals surface area contributed by atoms with E-state index in [-0.39, 0.29) is 12.4 Å². The van der Waals surface area contributed by atoms with E-state index in [1.165, 1.54) is 6.07 Å². The van der Waals surface area contributed by atoms with Crippen molar-refractivity contribution in [2.45, 2.75) is 13.1 Å². The van der Waals surface area contributed by atoms with E-state index in [0.29, 0.717) is 16.7 Å². The summed E-state index contributed by atoms with van der Waals surface area (Å²) in [5, 5.41) is 2.94. The molecule has 0 aliphatic carbocycles. The summed E-state index contributed by atoms with van der Waals surface area (Å²) in [7, 11) is 0.